The van der Waals surface area contributed by atoms with E-state index >= 15 is 0 Å². The van der Waals surface area contributed by atoms with Crippen molar-refractivity contribution in [2.75, 3.05) is 12.4 Å². The van der Waals surface area contributed by atoms with Crippen LogP contribution in [0.25, 0.3) is 0 Å². The Balaban J connectivity index is 1.47. The molecule has 3 aliphatic carbocycles. The number of anilines is 1. The lowest BCUT2D eigenvalue weighted by molar-refractivity contribution is -0.115. The predicted octanol–water partition coefficient (Wildman–Crippen LogP) is 5.17. The van der Waals surface area contributed by atoms with Crippen molar-refractivity contribution in [3.63, 3.8) is 0 Å². The molecule has 8 heteroatoms. The van der Waals surface area contributed by atoms with E-state index in [0.717, 1.165) is 35.7 Å². The number of aryl methyl sites for hydroxylation is 1. The van der Waals surface area contributed by atoms with Gasteiger partial charge < -0.3 is 15.2 Å². The molecule has 1 aromatic carbocycles. The number of aliphatic hydroxyl groups is 1. The van der Waals surface area contributed by atoms with Gasteiger partial charge in [0.1, 0.15) is 11.5 Å². The van der Waals surface area contributed by atoms with Gasteiger partial charge in [-0.2, -0.15) is 0 Å². The van der Waals surface area contributed by atoms with Gasteiger partial charge >= 0.3 is 0 Å². The molecule has 0 fully saturated rings. The number of aromatic nitrogens is 2. The minimum atomic E-state index is -0.996. The summed E-state index contributed by atoms with van der Waals surface area (Å²) in [5.41, 5.74) is 2.67. The first-order chi connectivity index (χ1) is 16.9. The number of nitrogens with zero attached hydrogens (tertiary/aromatic N) is 2. The van der Waals surface area contributed by atoms with Gasteiger partial charge in [-0.15, -0.1) is 0 Å². The Hall–Kier alpha value is -3.81. The molecule has 3 unspecified atom stereocenters. The monoisotopic (exact) mass is 477 g/mol. The number of rotatable bonds is 5. The normalized spacial score (nSPS) is 22.5. The van der Waals surface area contributed by atoms with Crippen LogP contribution in [0.1, 0.15) is 47.3 Å². The predicted molar refractivity (Wildman–Crippen MR) is 127 cm³/mol. The number of nitrogens with one attached hydrogen (secondary N) is 1. The van der Waals surface area contributed by atoms with Crippen LogP contribution >= 0.6 is 0 Å². The lowest BCUT2D eigenvalue weighted by Crippen LogP contribution is -2.26. The maximum Gasteiger partial charge on any atom is 0.229 e. The fourth-order valence-corrected chi connectivity index (χ4v) is 4.83. The van der Waals surface area contributed by atoms with Crippen LogP contribution in [-0.2, 0) is 22.4 Å². The molecule has 0 radical (unpaired) electrons. The lowest BCUT2D eigenvalue weighted by Gasteiger charge is -2.32. The Morgan fingerprint density at radius 3 is 2.77 bits per heavy atom. The summed E-state index contributed by atoms with van der Waals surface area (Å²) in [7, 11) is 1.65. The molecule has 6 nitrogen and oxygen atoms in total. The average Bonchev–Trinajstić information content (AvgIpc) is 2.86. The summed E-state index contributed by atoms with van der Waals surface area (Å²) in [6, 6.07) is 3.40. The number of hydrogen-bond donors (Lipinski definition) is 2. The largest absolute Gasteiger partial charge is 0.508 e. The highest BCUT2D eigenvalue weighted by Crippen LogP contribution is 2.41. The van der Waals surface area contributed by atoms with E-state index in [2.05, 4.69) is 17.5 Å². The molecule has 5 rings (SSSR count). The molecule has 1 heterocycles. The molecule has 0 saturated carbocycles. The van der Waals surface area contributed by atoms with Crippen LogP contribution in [0.5, 0.6) is 0 Å². The van der Waals surface area contributed by atoms with E-state index in [1.54, 1.807) is 19.3 Å². The molecule has 0 bridgehead atoms. The smallest absolute Gasteiger partial charge is 0.229 e. The Labute approximate surface area is 201 Å². The van der Waals surface area contributed by atoms with Crippen molar-refractivity contribution in [2.24, 2.45) is 5.92 Å². The number of methoxy groups -OCH3 is 1. The molecular formula is C27H25F2N3O3. The van der Waals surface area contributed by atoms with Crippen LogP contribution in [0.2, 0.25) is 0 Å². The molecule has 0 aliphatic heterocycles. The van der Waals surface area contributed by atoms with E-state index in [4.69, 9.17) is 14.7 Å². The molecule has 3 atom stereocenters. The number of hydrogen-bond acceptors (Lipinski definition) is 5. The van der Waals surface area contributed by atoms with Crippen molar-refractivity contribution in [3.05, 3.63) is 100 Å². The van der Waals surface area contributed by atoms with Crippen LogP contribution in [0, 0.1) is 17.6 Å². The standard InChI is InChI=1S/C27H25F2N3O3/c1-35-19-8-9-20-17(14-19)5-11-23-26(20)32-25(16-3-6-18(33)7-4-16)27(30-23)31-24(34)13-15-2-10-21(28)22(29)12-15/h2-3,6-10,12,14,16-17,20,33H,4-5,11,13H2,1H3,(H,30,31,34). The third kappa shape index (κ3) is 4.73. The Morgan fingerprint density at radius 2 is 2.03 bits per heavy atom. The molecule has 0 spiro atoms. The molecule has 1 amide bonds. The third-order valence-corrected chi connectivity index (χ3v) is 6.64. The zero-order valence-corrected chi connectivity index (χ0v) is 19.2. The van der Waals surface area contributed by atoms with Gasteiger partial charge in [0.2, 0.25) is 5.91 Å². The molecule has 3 aliphatic rings. The first kappa shape index (κ1) is 23.0. The van der Waals surface area contributed by atoms with Crippen molar-refractivity contribution in [2.45, 2.75) is 37.5 Å². The van der Waals surface area contributed by atoms with Crippen LogP contribution in [0.15, 0.2) is 66.2 Å². The van der Waals surface area contributed by atoms with Crippen molar-refractivity contribution < 1.29 is 23.4 Å². The zero-order valence-electron chi connectivity index (χ0n) is 19.2. The molecule has 180 valence electrons. The highest BCUT2D eigenvalue weighted by molar-refractivity contribution is 5.92. The second-order valence-corrected chi connectivity index (χ2v) is 8.95. The second kappa shape index (κ2) is 9.44. The Morgan fingerprint density at radius 1 is 1.17 bits per heavy atom. The first-order valence-electron chi connectivity index (χ1n) is 11.6. The van der Waals surface area contributed by atoms with E-state index in [9.17, 15) is 18.7 Å². The molecule has 35 heavy (non-hydrogen) atoms. The fraction of sp³-hybridized carbons (Fsp3) is 0.296. The van der Waals surface area contributed by atoms with Crippen molar-refractivity contribution in [1.82, 2.24) is 9.97 Å². The molecule has 1 aromatic heterocycles. The Bertz CT molecular complexity index is 1300. The first-order valence-corrected chi connectivity index (χ1v) is 11.6. The van der Waals surface area contributed by atoms with Gasteiger partial charge in [0.05, 0.1) is 30.6 Å². The number of allylic oxidation sites excluding steroid dienone is 6. The molecular weight excluding hydrogens is 452 g/mol. The van der Waals surface area contributed by atoms with Crippen molar-refractivity contribution in [3.8, 4) is 0 Å². The van der Waals surface area contributed by atoms with Gasteiger partial charge in [-0.25, -0.2) is 13.8 Å². The minimum Gasteiger partial charge on any atom is -0.508 e. The van der Waals surface area contributed by atoms with Crippen LogP contribution in [0.4, 0.5) is 14.6 Å². The Kier molecular flexibility index (Phi) is 6.19. The number of benzene rings is 1. The van der Waals surface area contributed by atoms with Gasteiger partial charge in [0, 0.05) is 11.8 Å². The average molecular weight is 478 g/mol. The van der Waals surface area contributed by atoms with Gasteiger partial charge in [0.15, 0.2) is 17.5 Å². The fourth-order valence-electron chi connectivity index (χ4n) is 4.83. The topological polar surface area (TPSA) is 84.3 Å². The van der Waals surface area contributed by atoms with E-state index in [-0.39, 0.29) is 29.9 Å². The summed E-state index contributed by atoms with van der Waals surface area (Å²) in [4.78, 5) is 22.7. The summed E-state index contributed by atoms with van der Waals surface area (Å²) in [6.45, 7) is 0. The SMILES string of the molecule is COC1=CC2CCc3nc(NC(=O)Cc4ccc(F)c(F)c4)c(C4C=CC(O)=CC4)nc3C2C=C1. The van der Waals surface area contributed by atoms with E-state index in [1.165, 1.54) is 6.07 Å². The third-order valence-electron chi connectivity index (χ3n) is 6.64. The van der Waals surface area contributed by atoms with Gasteiger partial charge in [-0.1, -0.05) is 18.2 Å². The summed E-state index contributed by atoms with van der Waals surface area (Å²) < 4.78 is 32.2. The highest BCUT2D eigenvalue weighted by Gasteiger charge is 2.33. The van der Waals surface area contributed by atoms with E-state index in [1.807, 2.05) is 12.2 Å². The second-order valence-electron chi connectivity index (χ2n) is 8.95. The number of halogens is 2. The maximum absolute atomic E-state index is 13.6. The van der Waals surface area contributed by atoms with Gasteiger partial charge in [-0.3, -0.25) is 9.78 Å². The summed E-state index contributed by atoms with van der Waals surface area (Å²) in [5, 5.41) is 12.6. The van der Waals surface area contributed by atoms with Gasteiger partial charge in [0.25, 0.3) is 0 Å². The number of fused-ring (bicyclic) bond motifs is 3. The van der Waals surface area contributed by atoms with E-state index < -0.39 is 17.5 Å². The summed E-state index contributed by atoms with van der Waals surface area (Å²) in [6.07, 6.45) is 13.3. The minimum absolute atomic E-state index is 0.0624. The molecule has 0 saturated heterocycles. The highest BCUT2D eigenvalue weighted by atomic mass is 19.2. The van der Waals surface area contributed by atoms with Crippen LogP contribution in [-0.4, -0.2) is 28.1 Å². The molecule has 2 N–H and O–H groups in total. The van der Waals surface area contributed by atoms with Gasteiger partial charge in [-0.05, 0) is 67.2 Å². The van der Waals surface area contributed by atoms with Crippen LogP contribution in [0.3, 0.4) is 0 Å². The number of amides is 1. The maximum atomic E-state index is 13.6. The van der Waals surface area contributed by atoms with Crippen molar-refractivity contribution >= 4 is 11.7 Å². The number of carbonyl (C=O) groups excluding carboxylic acids is 1. The number of ether oxygens (including phenoxy) is 1. The van der Waals surface area contributed by atoms with Crippen LogP contribution < -0.4 is 5.32 Å². The summed E-state index contributed by atoms with van der Waals surface area (Å²) in [5.74, 6) is -0.847. The molecule has 2 aromatic rings. The number of carbonyl (C=O) groups is 1. The zero-order chi connectivity index (χ0) is 24.5. The lowest BCUT2D eigenvalue weighted by atomic mass is 9.76. The van der Waals surface area contributed by atoms with Crippen molar-refractivity contribution in [1.29, 1.82) is 0 Å². The summed E-state index contributed by atoms with van der Waals surface area (Å²) >= 11 is 0. The van der Waals surface area contributed by atoms with E-state index in [0.29, 0.717) is 29.9 Å². The number of aliphatic hydroxyl groups excluding tert-OH is 1. The quantitative estimate of drug-likeness (QED) is 0.621.